The van der Waals surface area contributed by atoms with Gasteiger partial charge in [-0.25, -0.2) is 4.79 Å². The zero-order valence-electron chi connectivity index (χ0n) is 9.07. The number of carboxylic acid groups (broad SMARTS) is 1. The predicted octanol–water partition coefficient (Wildman–Crippen LogP) is 1.66. The molecule has 16 heavy (non-hydrogen) atoms. The van der Waals surface area contributed by atoms with E-state index in [0.29, 0.717) is 12.5 Å². The third-order valence-corrected chi connectivity index (χ3v) is 3.64. The first-order chi connectivity index (χ1) is 7.72. The summed E-state index contributed by atoms with van der Waals surface area (Å²) in [6.45, 7) is 0. The van der Waals surface area contributed by atoms with E-state index in [2.05, 4.69) is 5.32 Å². The van der Waals surface area contributed by atoms with Gasteiger partial charge < -0.3 is 5.11 Å². The van der Waals surface area contributed by atoms with Crippen molar-refractivity contribution < 1.29 is 9.90 Å². The summed E-state index contributed by atoms with van der Waals surface area (Å²) in [7, 11) is 0. The van der Waals surface area contributed by atoms with Gasteiger partial charge in [0.25, 0.3) is 0 Å². The molecular formula is C13H15NO2. The number of hydrogen-bond donors (Lipinski definition) is 2. The Kier molecular flexibility index (Phi) is 2.04. The lowest BCUT2D eigenvalue weighted by Gasteiger charge is -2.27. The van der Waals surface area contributed by atoms with Gasteiger partial charge in [-0.05, 0) is 36.8 Å². The molecule has 1 atom stereocenters. The summed E-state index contributed by atoms with van der Waals surface area (Å²) in [5.74, 6) is -0.732. The maximum absolute atomic E-state index is 11.6. The third kappa shape index (κ3) is 1.35. The van der Waals surface area contributed by atoms with Crippen molar-refractivity contribution in [2.24, 2.45) is 0 Å². The molecule has 84 valence electrons. The largest absolute Gasteiger partial charge is 0.480 e. The molecule has 0 saturated heterocycles. The molecule has 3 heteroatoms. The van der Waals surface area contributed by atoms with Crippen LogP contribution < -0.4 is 5.32 Å². The minimum absolute atomic E-state index is 0.405. The SMILES string of the molecule is O=C(O)C1(NC2CC2)CCc2ccccc21. The number of nitrogens with one attached hydrogen (secondary N) is 1. The van der Waals surface area contributed by atoms with Gasteiger partial charge in [0.1, 0.15) is 5.54 Å². The Bertz CT molecular complexity index is 439. The van der Waals surface area contributed by atoms with Crippen LogP contribution in [0.15, 0.2) is 24.3 Å². The number of hydrogen-bond acceptors (Lipinski definition) is 2. The molecule has 0 spiro atoms. The number of aryl methyl sites for hydroxylation is 1. The van der Waals surface area contributed by atoms with Crippen LogP contribution in [0.1, 0.15) is 30.4 Å². The summed E-state index contributed by atoms with van der Waals surface area (Å²) in [6, 6.07) is 8.30. The van der Waals surface area contributed by atoms with Crippen LogP contribution in [0.4, 0.5) is 0 Å². The van der Waals surface area contributed by atoms with Gasteiger partial charge in [-0.15, -0.1) is 0 Å². The molecule has 3 nitrogen and oxygen atoms in total. The van der Waals surface area contributed by atoms with Crippen LogP contribution >= 0.6 is 0 Å². The number of fused-ring (bicyclic) bond motifs is 1. The van der Waals surface area contributed by atoms with Gasteiger partial charge in [0.05, 0.1) is 0 Å². The molecule has 0 bridgehead atoms. The van der Waals surface area contributed by atoms with E-state index >= 15 is 0 Å². The Morgan fingerprint density at radius 1 is 1.38 bits per heavy atom. The lowest BCUT2D eigenvalue weighted by molar-refractivity contribution is -0.145. The van der Waals surface area contributed by atoms with Gasteiger partial charge in [0.15, 0.2) is 0 Å². The van der Waals surface area contributed by atoms with Gasteiger partial charge >= 0.3 is 5.97 Å². The lowest BCUT2D eigenvalue weighted by atomic mass is 9.91. The quantitative estimate of drug-likeness (QED) is 0.809. The highest BCUT2D eigenvalue weighted by Gasteiger charge is 2.47. The van der Waals surface area contributed by atoms with Crippen LogP contribution in [0.25, 0.3) is 0 Å². The van der Waals surface area contributed by atoms with Crippen molar-refractivity contribution in [1.29, 1.82) is 0 Å². The van der Waals surface area contributed by atoms with Crippen molar-refractivity contribution in [1.82, 2.24) is 5.32 Å². The van der Waals surface area contributed by atoms with E-state index in [0.717, 1.165) is 24.8 Å². The van der Waals surface area contributed by atoms with Crippen molar-refractivity contribution in [3.8, 4) is 0 Å². The molecule has 1 unspecified atom stereocenters. The fraction of sp³-hybridized carbons (Fsp3) is 0.462. The van der Waals surface area contributed by atoms with Crippen LogP contribution in [0.2, 0.25) is 0 Å². The van der Waals surface area contributed by atoms with Gasteiger partial charge in [0.2, 0.25) is 0 Å². The zero-order valence-corrected chi connectivity index (χ0v) is 9.07. The second kappa shape index (κ2) is 3.32. The van der Waals surface area contributed by atoms with E-state index in [1.165, 1.54) is 5.56 Å². The predicted molar refractivity (Wildman–Crippen MR) is 60.2 cm³/mol. The zero-order chi connectivity index (χ0) is 11.2. The van der Waals surface area contributed by atoms with Gasteiger partial charge in [-0.1, -0.05) is 24.3 Å². The molecule has 2 N–H and O–H groups in total. The summed E-state index contributed by atoms with van der Waals surface area (Å²) in [4.78, 5) is 11.6. The fourth-order valence-electron chi connectivity index (χ4n) is 2.62. The first kappa shape index (κ1) is 9.85. The van der Waals surface area contributed by atoms with Gasteiger partial charge in [-0.3, -0.25) is 5.32 Å². The molecule has 1 saturated carbocycles. The van der Waals surface area contributed by atoms with Crippen LogP contribution in [-0.2, 0) is 16.8 Å². The second-order valence-corrected chi connectivity index (χ2v) is 4.79. The molecular weight excluding hydrogens is 202 g/mol. The van der Waals surface area contributed by atoms with Crippen LogP contribution in [-0.4, -0.2) is 17.1 Å². The standard InChI is InChI=1S/C13H15NO2/c15-12(16)13(14-10-5-6-10)8-7-9-3-1-2-4-11(9)13/h1-4,10,14H,5-8H2,(H,15,16). The molecule has 0 radical (unpaired) electrons. The van der Waals surface area contributed by atoms with Crippen LogP contribution in [0.5, 0.6) is 0 Å². The Morgan fingerprint density at radius 3 is 2.81 bits per heavy atom. The van der Waals surface area contributed by atoms with E-state index in [4.69, 9.17) is 0 Å². The van der Waals surface area contributed by atoms with Crippen molar-refractivity contribution >= 4 is 5.97 Å². The Labute approximate surface area is 94.5 Å². The van der Waals surface area contributed by atoms with Crippen molar-refractivity contribution in [2.75, 3.05) is 0 Å². The molecule has 0 aliphatic heterocycles. The van der Waals surface area contributed by atoms with E-state index in [-0.39, 0.29) is 0 Å². The minimum atomic E-state index is -0.822. The normalized spacial score (nSPS) is 27.8. The molecule has 2 aliphatic rings. The van der Waals surface area contributed by atoms with E-state index in [1.54, 1.807) is 0 Å². The van der Waals surface area contributed by atoms with Crippen molar-refractivity contribution in [3.63, 3.8) is 0 Å². The molecule has 0 amide bonds. The molecule has 0 heterocycles. The van der Waals surface area contributed by atoms with Crippen molar-refractivity contribution in [3.05, 3.63) is 35.4 Å². The average Bonchev–Trinajstić information content (AvgIpc) is 3.00. The topological polar surface area (TPSA) is 49.3 Å². The van der Waals surface area contributed by atoms with E-state index in [9.17, 15) is 9.90 Å². The fourth-order valence-corrected chi connectivity index (χ4v) is 2.62. The molecule has 0 aromatic heterocycles. The third-order valence-electron chi connectivity index (χ3n) is 3.64. The maximum atomic E-state index is 11.6. The van der Waals surface area contributed by atoms with Crippen LogP contribution in [0, 0.1) is 0 Å². The highest BCUT2D eigenvalue weighted by molar-refractivity contribution is 5.82. The summed E-state index contributed by atoms with van der Waals surface area (Å²) >= 11 is 0. The van der Waals surface area contributed by atoms with E-state index in [1.807, 2.05) is 24.3 Å². The van der Waals surface area contributed by atoms with Gasteiger partial charge in [-0.2, -0.15) is 0 Å². The highest BCUT2D eigenvalue weighted by atomic mass is 16.4. The first-order valence-electron chi connectivity index (χ1n) is 5.82. The Morgan fingerprint density at radius 2 is 2.12 bits per heavy atom. The molecule has 2 aliphatic carbocycles. The Hall–Kier alpha value is -1.35. The Balaban J connectivity index is 2.04. The monoisotopic (exact) mass is 217 g/mol. The summed E-state index contributed by atoms with van der Waals surface area (Å²) in [5.41, 5.74) is 1.32. The number of rotatable bonds is 3. The highest BCUT2D eigenvalue weighted by Crippen LogP contribution is 2.39. The second-order valence-electron chi connectivity index (χ2n) is 4.79. The minimum Gasteiger partial charge on any atom is -0.480 e. The average molecular weight is 217 g/mol. The first-order valence-corrected chi connectivity index (χ1v) is 5.82. The lowest BCUT2D eigenvalue weighted by Crippen LogP contribution is -2.48. The van der Waals surface area contributed by atoms with E-state index < -0.39 is 11.5 Å². The number of benzene rings is 1. The summed E-state index contributed by atoms with van der Waals surface area (Å²) in [6.07, 6.45) is 3.76. The maximum Gasteiger partial charge on any atom is 0.328 e. The molecule has 1 aromatic carbocycles. The molecule has 1 aromatic rings. The number of aliphatic carboxylic acids is 1. The molecule has 3 rings (SSSR count). The number of carbonyl (C=O) groups is 1. The summed E-state index contributed by atoms with van der Waals surface area (Å²) < 4.78 is 0. The number of carboxylic acids is 1. The summed E-state index contributed by atoms with van der Waals surface area (Å²) in [5, 5.41) is 12.8. The van der Waals surface area contributed by atoms with Crippen molar-refractivity contribution in [2.45, 2.75) is 37.3 Å². The smallest absolute Gasteiger partial charge is 0.328 e. The van der Waals surface area contributed by atoms with Crippen LogP contribution in [0.3, 0.4) is 0 Å². The molecule has 1 fully saturated rings. The van der Waals surface area contributed by atoms with Gasteiger partial charge in [0, 0.05) is 6.04 Å².